The molecule has 9 atom stereocenters. The number of hydrogen-bond donors (Lipinski definition) is 0. The van der Waals surface area contributed by atoms with Gasteiger partial charge >= 0.3 is 0 Å². The zero-order chi connectivity index (χ0) is 25.0. The van der Waals surface area contributed by atoms with Crippen molar-refractivity contribution in [1.82, 2.24) is 9.97 Å². The third kappa shape index (κ3) is 2.77. The minimum atomic E-state index is -0.0978. The molecule has 0 unspecified atom stereocenters. The Hall–Kier alpha value is -1.51. The maximum atomic E-state index is 12.7. The molecule has 5 aliphatic carbocycles. The van der Waals surface area contributed by atoms with E-state index in [0.717, 1.165) is 25.7 Å². The number of nitrogens with zero attached hydrogens (tertiary/aromatic N) is 2. The van der Waals surface area contributed by atoms with Gasteiger partial charge in [-0.3, -0.25) is 9.97 Å². The van der Waals surface area contributed by atoms with E-state index < -0.39 is 0 Å². The first-order chi connectivity index (χ1) is 16.4. The summed E-state index contributed by atoms with van der Waals surface area (Å²) in [5.41, 5.74) is 4.60. The molecular formula is C32H46N2O. The molecule has 1 aromatic rings. The van der Waals surface area contributed by atoms with Gasteiger partial charge in [0.05, 0.1) is 11.4 Å². The molecule has 0 aromatic carbocycles. The Balaban J connectivity index is 1.43. The summed E-state index contributed by atoms with van der Waals surface area (Å²) in [7, 11) is 0. The summed E-state index contributed by atoms with van der Waals surface area (Å²) in [4.78, 5) is 22.4. The van der Waals surface area contributed by atoms with Crippen LogP contribution in [0.15, 0.2) is 24.5 Å². The Labute approximate surface area is 213 Å². The van der Waals surface area contributed by atoms with Gasteiger partial charge in [0, 0.05) is 23.2 Å². The van der Waals surface area contributed by atoms with E-state index in [9.17, 15) is 4.79 Å². The van der Waals surface area contributed by atoms with Crippen LogP contribution in [0.4, 0.5) is 0 Å². The average Bonchev–Trinajstić information content (AvgIpc) is 3.20. The van der Waals surface area contributed by atoms with Gasteiger partial charge in [-0.25, -0.2) is 0 Å². The van der Waals surface area contributed by atoms with Crippen LogP contribution in [0.3, 0.4) is 0 Å². The molecule has 3 nitrogen and oxygen atoms in total. The molecule has 6 rings (SSSR count). The molecule has 0 bridgehead atoms. The van der Waals surface area contributed by atoms with E-state index in [0.29, 0.717) is 35.0 Å². The zero-order valence-electron chi connectivity index (χ0n) is 23.0. The predicted molar refractivity (Wildman–Crippen MR) is 141 cm³/mol. The third-order valence-electron chi connectivity index (χ3n) is 13.4. The van der Waals surface area contributed by atoms with Crippen molar-refractivity contribution in [1.29, 1.82) is 0 Å². The minimum Gasteiger partial charge on any atom is -0.303 e. The number of allylic oxidation sites excluding steroid dienone is 1. The summed E-state index contributed by atoms with van der Waals surface area (Å²) in [6.07, 6.45) is 16.0. The maximum absolute atomic E-state index is 12.7. The van der Waals surface area contributed by atoms with Crippen LogP contribution in [-0.2, 0) is 16.6 Å². The van der Waals surface area contributed by atoms with Crippen molar-refractivity contribution in [2.24, 2.45) is 51.2 Å². The largest absolute Gasteiger partial charge is 0.303 e. The topological polar surface area (TPSA) is 42.9 Å². The quantitative estimate of drug-likeness (QED) is 0.332. The molecule has 0 aliphatic heterocycles. The second kappa shape index (κ2) is 7.29. The highest BCUT2D eigenvalue weighted by Crippen LogP contribution is 2.76. The fourth-order valence-corrected chi connectivity index (χ4v) is 11.8. The fourth-order valence-electron chi connectivity index (χ4n) is 11.8. The van der Waals surface area contributed by atoms with Crippen molar-refractivity contribution < 1.29 is 4.79 Å². The summed E-state index contributed by atoms with van der Waals surface area (Å²) in [6, 6.07) is 0. The minimum absolute atomic E-state index is 0.0609. The van der Waals surface area contributed by atoms with Crippen molar-refractivity contribution in [3.05, 3.63) is 35.9 Å². The van der Waals surface area contributed by atoms with E-state index in [4.69, 9.17) is 9.97 Å². The van der Waals surface area contributed by atoms with Gasteiger partial charge in [0.25, 0.3) is 0 Å². The normalized spacial score (nSPS) is 49.6. The molecule has 190 valence electrons. The van der Waals surface area contributed by atoms with Gasteiger partial charge in [-0.15, -0.1) is 0 Å². The summed E-state index contributed by atoms with van der Waals surface area (Å²) in [5, 5.41) is 0. The Morgan fingerprint density at radius 1 is 0.914 bits per heavy atom. The number of aldehydes is 1. The fraction of sp³-hybridized carbons (Fsp3) is 0.781. The van der Waals surface area contributed by atoms with Crippen LogP contribution in [0.25, 0.3) is 0 Å². The molecule has 5 aliphatic rings. The molecule has 1 aromatic heterocycles. The van der Waals surface area contributed by atoms with Gasteiger partial charge in [-0.1, -0.05) is 46.8 Å². The van der Waals surface area contributed by atoms with Crippen molar-refractivity contribution in [2.45, 2.75) is 105 Å². The third-order valence-corrected chi connectivity index (χ3v) is 13.4. The van der Waals surface area contributed by atoms with E-state index in [-0.39, 0.29) is 21.7 Å². The highest BCUT2D eigenvalue weighted by Gasteiger charge is 2.70. The molecule has 0 saturated heterocycles. The lowest BCUT2D eigenvalue weighted by atomic mass is 9.32. The van der Waals surface area contributed by atoms with E-state index in [1.807, 2.05) is 12.4 Å². The first kappa shape index (κ1) is 23.9. The average molecular weight is 475 g/mol. The van der Waals surface area contributed by atoms with Crippen molar-refractivity contribution in [3.8, 4) is 0 Å². The molecule has 0 radical (unpaired) electrons. The van der Waals surface area contributed by atoms with Gasteiger partial charge in [-0.05, 0) is 111 Å². The van der Waals surface area contributed by atoms with E-state index in [1.165, 1.54) is 55.4 Å². The van der Waals surface area contributed by atoms with Gasteiger partial charge in [0.1, 0.15) is 6.29 Å². The molecule has 0 N–H and O–H groups in total. The Morgan fingerprint density at radius 3 is 2.37 bits per heavy atom. The van der Waals surface area contributed by atoms with Crippen molar-refractivity contribution in [2.75, 3.05) is 0 Å². The number of hydrogen-bond acceptors (Lipinski definition) is 3. The molecule has 35 heavy (non-hydrogen) atoms. The van der Waals surface area contributed by atoms with Crippen LogP contribution in [0, 0.1) is 51.2 Å². The van der Waals surface area contributed by atoms with Crippen LogP contribution in [0.5, 0.6) is 0 Å². The molecule has 1 heterocycles. The second-order valence-corrected chi connectivity index (χ2v) is 14.8. The lowest BCUT2D eigenvalue weighted by Crippen LogP contribution is -2.66. The van der Waals surface area contributed by atoms with Gasteiger partial charge in [-0.2, -0.15) is 0 Å². The highest BCUT2D eigenvalue weighted by atomic mass is 16.1. The van der Waals surface area contributed by atoms with Crippen LogP contribution < -0.4 is 0 Å². The first-order valence-corrected chi connectivity index (χ1v) is 14.4. The summed E-state index contributed by atoms with van der Waals surface area (Å²) >= 11 is 0. The lowest BCUT2D eigenvalue weighted by molar-refractivity contribution is -0.223. The van der Waals surface area contributed by atoms with Crippen molar-refractivity contribution in [3.63, 3.8) is 0 Å². The predicted octanol–water partition coefficient (Wildman–Crippen LogP) is 7.35. The molecule has 3 heteroatoms. The van der Waals surface area contributed by atoms with Crippen LogP contribution >= 0.6 is 0 Å². The summed E-state index contributed by atoms with van der Waals surface area (Å²) in [5.74, 6) is 2.99. The number of aromatic nitrogens is 2. The molecule has 4 saturated carbocycles. The molecule has 0 spiro atoms. The number of fused-ring (bicyclic) bond motifs is 8. The van der Waals surface area contributed by atoms with E-state index in [1.54, 1.807) is 0 Å². The van der Waals surface area contributed by atoms with Crippen LogP contribution in [0.1, 0.15) is 104 Å². The lowest BCUT2D eigenvalue weighted by Gasteiger charge is -2.72. The molecular weight excluding hydrogens is 428 g/mol. The second-order valence-electron chi connectivity index (χ2n) is 14.8. The Morgan fingerprint density at radius 2 is 1.66 bits per heavy atom. The van der Waals surface area contributed by atoms with Crippen LogP contribution in [0.2, 0.25) is 0 Å². The maximum Gasteiger partial charge on any atom is 0.126 e. The molecule has 4 fully saturated rings. The van der Waals surface area contributed by atoms with Crippen molar-refractivity contribution >= 4 is 6.29 Å². The van der Waals surface area contributed by atoms with E-state index in [2.05, 4.69) is 48.1 Å². The smallest absolute Gasteiger partial charge is 0.126 e. The molecule has 0 amide bonds. The standard InChI is InChI=1S/C32H46N2O/c1-20(2)21-10-13-32(19-35)15-14-30(6)22(26(21)32)8-9-25-29(5)18-23-27(34-17-16-33-23)28(3,4)24(29)11-12-31(25,30)7/h16-17,19,21-22,24-26H,1,8-15,18H2,2-7H3/t21-,22+,24-,25+,26+,29-,30+,31+,32+/m0/s1. The van der Waals surface area contributed by atoms with Gasteiger partial charge in [0.2, 0.25) is 0 Å². The number of rotatable bonds is 2. The summed E-state index contributed by atoms with van der Waals surface area (Å²) < 4.78 is 0. The van der Waals surface area contributed by atoms with Crippen LogP contribution in [-0.4, -0.2) is 16.3 Å². The SMILES string of the molecule is C=C(C)[C@@H]1CC[C@]2(C=O)CC[C@]3(C)[C@H](CC[C@@H]4[C@@]5(C)Cc6nccnc6C(C)(C)[C@@H]5CC[C@]43C)[C@@H]12. The Kier molecular flexibility index (Phi) is 4.97. The number of carbonyl (C=O) groups excluding carboxylic acids is 1. The number of carbonyl (C=O) groups is 1. The first-order valence-electron chi connectivity index (χ1n) is 14.4. The van der Waals surface area contributed by atoms with Gasteiger partial charge in [0.15, 0.2) is 0 Å². The zero-order valence-corrected chi connectivity index (χ0v) is 23.0. The monoisotopic (exact) mass is 474 g/mol. The Bertz CT molecular complexity index is 1080. The van der Waals surface area contributed by atoms with Gasteiger partial charge < -0.3 is 4.79 Å². The highest BCUT2D eigenvalue weighted by molar-refractivity contribution is 5.62. The summed E-state index contributed by atoms with van der Waals surface area (Å²) in [6.45, 7) is 19.5. The van der Waals surface area contributed by atoms with E-state index >= 15 is 0 Å².